The van der Waals surface area contributed by atoms with Gasteiger partial charge in [0.1, 0.15) is 0 Å². The van der Waals surface area contributed by atoms with Crippen molar-refractivity contribution >= 4 is 5.69 Å². The molecular formula is C19H23N3. The first-order valence-corrected chi connectivity index (χ1v) is 8.20. The summed E-state index contributed by atoms with van der Waals surface area (Å²) in [7, 11) is 0. The largest absolute Gasteiger partial charge is 0.367 e. The second kappa shape index (κ2) is 5.75. The van der Waals surface area contributed by atoms with Gasteiger partial charge >= 0.3 is 0 Å². The number of fused-ring (bicyclic) bond motifs is 1. The average Bonchev–Trinajstić information content (AvgIpc) is 2.58. The third-order valence-corrected chi connectivity index (χ3v) is 4.97. The van der Waals surface area contributed by atoms with Gasteiger partial charge in [0.15, 0.2) is 0 Å². The van der Waals surface area contributed by atoms with Crippen molar-refractivity contribution in [1.29, 1.82) is 0 Å². The molecule has 2 aromatic rings. The molecule has 1 fully saturated rings. The van der Waals surface area contributed by atoms with Crippen LogP contribution in [0.2, 0.25) is 0 Å². The van der Waals surface area contributed by atoms with Crippen molar-refractivity contribution in [1.82, 2.24) is 10.2 Å². The molecule has 2 aliphatic heterocycles. The number of rotatable bonds is 2. The molecule has 2 aliphatic rings. The molecule has 0 atom stereocenters. The van der Waals surface area contributed by atoms with Gasteiger partial charge in [0.2, 0.25) is 0 Å². The molecule has 2 aromatic carbocycles. The average molecular weight is 293 g/mol. The molecule has 2 heterocycles. The zero-order chi connectivity index (χ0) is 14.8. The standard InChI is InChI=1S/C19H23N3/c1-2-6-16(7-3-1)15-22-12-10-19(11-13-22)20-14-17-8-4-5-9-18(17)21-19/h1-9,20-21H,10-15H2. The maximum atomic E-state index is 3.76. The number of likely N-dealkylation sites (tertiary alicyclic amines) is 1. The van der Waals surface area contributed by atoms with E-state index < -0.39 is 0 Å². The molecule has 114 valence electrons. The van der Waals surface area contributed by atoms with Crippen molar-refractivity contribution in [3.05, 3.63) is 65.7 Å². The summed E-state index contributed by atoms with van der Waals surface area (Å²) in [6, 6.07) is 19.4. The van der Waals surface area contributed by atoms with Gasteiger partial charge in [-0.15, -0.1) is 0 Å². The number of hydrogen-bond donors (Lipinski definition) is 2. The molecule has 0 aliphatic carbocycles. The highest BCUT2D eigenvalue weighted by molar-refractivity contribution is 5.54. The van der Waals surface area contributed by atoms with Gasteiger partial charge in [0, 0.05) is 31.9 Å². The predicted octanol–water partition coefficient (Wildman–Crippen LogP) is 3.19. The van der Waals surface area contributed by atoms with Crippen LogP contribution in [0.4, 0.5) is 5.69 Å². The zero-order valence-corrected chi connectivity index (χ0v) is 12.9. The van der Waals surface area contributed by atoms with E-state index in [-0.39, 0.29) is 5.66 Å². The maximum Gasteiger partial charge on any atom is 0.0908 e. The molecule has 4 rings (SSSR count). The van der Waals surface area contributed by atoms with Crippen LogP contribution >= 0.6 is 0 Å². The topological polar surface area (TPSA) is 27.3 Å². The number of hydrogen-bond acceptors (Lipinski definition) is 3. The van der Waals surface area contributed by atoms with Crippen LogP contribution in [0.3, 0.4) is 0 Å². The van der Waals surface area contributed by atoms with E-state index in [4.69, 9.17) is 0 Å². The summed E-state index contributed by atoms with van der Waals surface area (Å²) in [5.74, 6) is 0. The van der Waals surface area contributed by atoms with Gasteiger partial charge in [-0.25, -0.2) is 0 Å². The second-order valence-corrected chi connectivity index (χ2v) is 6.48. The summed E-state index contributed by atoms with van der Waals surface area (Å²) in [5.41, 5.74) is 4.17. The molecule has 2 N–H and O–H groups in total. The molecule has 1 spiro atoms. The van der Waals surface area contributed by atoms with Crippen LogP contribution in [0.1, 0.15) is 24.0 Å². The van der Waals surface area contributed by atoms with Crippen molar-refractivity contribution in [3.8, 4) is 0 Å². The Labute approximate surface area is 132 Å². The summed E-state index contributed by atoms with van der Waals surface area (Å²) >= 11 is 0. The van der Waals surface area contributed by atoms with Crippen LogP contribution < -0.4 is 10.6 Å². The van der Waals surface area contributed by atoms with E-state index in [1.54, 1.807) is 0 Å². The highest BCUT2D eigenvalue weighted by Gasteiger charge is 2.36. The highest BCUT2D eigenvalue weighted by Crippen LogP contribution is 2.31. The minimum absolute atomic E-state index is 0.0849. The van der Waals surface area contributed by atoms with Gasteiger partial charge in [-0.05, 0) is 30.0 Å². The normalized spacial score (nSPS) is 20.4. The van der Waals surface area contributed by atoms with Crippen LogP contribution in [0.5, 0.6) is 0 Å². The monoisotopic (exact) mass is 293 g/mol. The first-order valence-electron chi connectivity index (χ1n) is 8.20. The molecule has 0 saturated carbocycles. The molecule has 22 heavy (non-hydrogen) atoms. The quantitative estimate of drug-likeness (QED) is 0.890. The van der Waals surface area contributed by atoms with Crippen LogP contribution in [-0.4, -0.2) is 23.7 Å². The maximum absolute atomic E-state index is 3.76. The van der Waals surface area contributed by atoms with Gasteiger partial charge in [-0.2, -0.15) is 0 Å². The summed E-state index contributed by atoms with van der Waals surface area (Å²) in [4.78, 5) is 2.56. The fourth-order valence-electron chi connectivity index (χ4n) is 3.60. The number of para-hydroxylation sites is 1. The van der Waals surface area contributed by atoms with E-state index in [9.17, 15) is 0 Å². The highest BCUT2D eigenvalue weighted by atomic mass is 15.3. The molecule has 1 saturated heterocycles. The van der Waals surface area contributed by atoms with Crippen LogP contribution in [-0.2, 0) is 13.1 Å². The Kier molecular flexibility index (Phi) is 3.60. The first kappa shape index (κ1) is 13.8. The number of piperidine rings is 1. The second-order valence-electron chi connectivity index (χ2n) is 6.48. The summed E-state index contributed by atoms with van der Waals surface area (Å²) in [6.45, 7) is 4.31. The minimum Gasteiger partial charge on any atom is -0.367 e. The Morgan fingerprint density at radius 1 is 0.909 bits per heavy atom. The Bertz CT molecular complexity index is 630. The van der Waals surface area contributed by atoms with Crippen molar-refractivity contribution in [2.45, 2.75) is 31.6 Å². The fraction of sp³-hybridized carbons (Fsp3) is 0.368. The Morgan fingerprint density at radius 3 is 2.45 bits per heavy atom. The van der Waals surface area contributed by atoms with Crippen LogP contribution in [0.15, 0.2) is 54.6 Å². The third kappa shape index (κ3) is 2.74. The minimum atomic E-state index is 0.0849. The lowest BCUT2D eigenvalue weighted by Crippen LogP contribution is -2.59. The molecule has 0 aromatic heterocycles. The summed E-state index contributed by atoms with van der Waals surface area (Å²) in [6.07, 6.45) is 2.29. The van der Waals surface area contributed by atoms with Crippen molar-refractivity contribution in [2.24, 2.45) is 0 Å². The van der Waals surface area contributed by atoms with E-state index in [1.807, 2.05) is 0 Å². The number of benzene rings is 2. The predicted molar refractivity (Wildman–Crippen MR) is 90.6 cm³/mol. The molecule has 0 amide bonds. The molecule has 0 unspecified atom stereocenters. The van der Waals surface area contributed by atoms with Crippen molar-refractivity contribution in [2.75, 3.05) is 18.4 Å². The Morgan fingerprint density at radius 2 is 1.64 bits per heavy atom. The number of nitrogens with one attached hydrogen (secondary N) is 2. The lowest BCUT2D eigenvalue weighted by molar-refractivity contribution is 0.141. The smallest absolute Gasteiger partial charge is 0.0908 e. The number of anilines is 1. The fourth-order valence-corrected chi connectivity index (χ4v) is 3.60. The third-order valence-electron chi connectivity index (χ3n) is 4.97. The van der Waals surface area contributed by atoms with Gasteiger partial charge < -0.3 is 5.32 Å². The van der Waals surface area contributed by atoms with Gasteiger partial charge in [-0.1, -0.05) is 48.5 Å². The summed E-state index contributed by atoms with van der Waals surface area (Å²) < 4.78 is 0. The first-order chi connectivity index (χ1) is 10.8. The van der Waals surface area contributed by atoms with Gasteiger partial charge in [-0.3, -0.25) is 10.2 Å². The Hall–Kier alpha value is -1.84. The van der Waals surface area contributed by atoms with E-state index in [2.05, 4.69) is 70.1 Å². The lowest BCUT2D eigenvalue weighted by Gasteiger charge is -2.46. The van der Waals surface area contributed by atoms with Crippen molar-refractivity contribution < 1.29 is 0 Å². The number of nitrogens with zero attached hydrogens (tertiary/aromatic N) is 1. The van der Waals surface area contributed by atoms with Crippen LogP contribution in [0.25, 0.3) is 0 Å². The molecule has 3 heteroatoms. The Balaban J connectivity index is 1.40. The van der Waals surface area contributed by atoms with Gasteiger partial charge in [0.25, 0.3) is 0 Å². The van der Waals surface area contributed by atoms with E-state index >= 15 is 0 Å². The zero-order valence-electron chi connectivity index (χ0n) is 12.9. The van der Waals surface area contributed by atoms with Crippen LogP contribution in [0, 0.1) is 0 Å². The molecular weight excluding hydrogens is 270 g/mol. The van der Waals surface area contributed by atoms with Crippen molar-refractivity contribution in [3.63, 3.8) is 0 Å². The van der Waals surface area contributed by atoms with Gasteiger partial charge in [0.05, 0.1) is 5.66 Å². The molecule has 0 bridgehead atoms. The van der Waals surface area contributed by atoms with E-state index in [1.165, 1.54) is 16.8 Å². The molecule has 0 radical (unpaired) electrons. The van der Waals surface area contributed by atoms with E-state index in [0.717, 1.165) is 39.0 Å². The molecule has 3 nitrogen and oxygen atoms in total. The lowest BCUT2D eigenvalue weighted by atomic mass is 9.92. The van der Waals surface area contributed by atoms with E-state index in [0.29, 0.717) is 0 Å². The SMILES string of the molecule is c1ccc(CN2CCC3(CC2)NCc2ccccc2N3)cc1. The summed E-state index contributed by atoms with van der Waals surface area (Å²) in [5, 5.41) is 7.50.